The summed E-state index contributed by atoms with van der Waals surface area (Å²) >= 11 is 0. The molecule has 5 rings (SSSR count). The summed E-state index contributed by atoms with van der Waals surface area (Å²) in [6.45, 7) is 0.210. The molecule has 4 aromatic rings. The van der Waals surface area contributed by atoms with E-state index in [1.54, 1.807) is 12.3 Å². The van der Waals surface area contributed by atoms with Gasteiger partial charge in [-0.3, -0.25) is 9.59 Å². The summed E-state index contributed by atoms with van der Waals surface area (Å²) in [7, 11) is -1.73. The Kier molecular flexibility index (Phi) is 5.16. The maximum Gasteiger partial charge on any atom is 0.263 e. The molecule has 0 aromatic carbocycles. The fourth-order valence-electron chi connectivity index (χ4n) is 3.98. The predicted molar refractivity (Wildman–Crippen MR) is 126 cm³/mol. The Morgan fingerprint density at radius 3 is 2.74 bits per heavy atom. The molecule has 0 unspecified atom stereocenters. The highest BCUT2D eigenvalue weighted by molar-refractivity contribution is 7.92. The van der Waals surface area contributed by atoms with E-state index >= 15 is 0 Å². The topological polar surface area (TPSA) is 125 Å². The lowest BCUT2D eigenvalue weighted by Crippen LogP contribution is -2.32. The van der Waals surface area contributed by atoms with Gasteiger partial charge in [-0.1, -0.05) is 6.07 Å². The molecular weight excluding hydrogens is 458 g/mol. The fraction of sp³-hybridized carbons (Fsp3) is 0.304. The number of pyridine rings is 3. The van der Waals surface area contributed by atoms with Crippen LogP contribution >= 0.6 is 0 Å². The van der Waals surface area contributed by atoms with E-state index in [2.05, 4.69) is 15.3 Å². The minimum atomic E-state index is -3.27. The molecule has 4 heterocycles. The lowest BCUT2D eigenvalue weighted by molar-refractivity contribution is 0.0949. The number of carbonyl (C=O) groups excluding carboxylic acids is 1. The van der Waals surface area contributed by atoms with Crippen LogP contribution in [0.25, 0.3) is 16.6 Å². The number of aromatic nitrogens is 4. The molecule has 1 saturated carbocycles. The number of hydrogen-bond acceptors (Lipinski definition) is 7. The third-order valence-electron chi connectivity index (χ3n) is 6.31. The number of aryl methyl sites for hydroxylation is 1. The molecule has 0 spiro atoms. The van der Waals surface area contributed by atoms with E-state index in [9.17, 15) is 18.0 Å². The Morgan fingerprint density at radius 2 is 2.00 bits per heavy atom. The number of rotatable bonds is 7. The monoisotopic (exact) mass is 481 g/mol. The number of sulfone groups is 1. The summed E-state index contributed by atoms with van der Waals surface area (Å²) in [6, 6.07) is 6.89. The Balaban J connectivity index is 1.40. The lowest BCUT2D eigenvalue weighted by Gasteiger charge is -2.16. The Hall–Kier alpha value is -3.73. The first kappa shape index (κ1) is 22.1. The molecule has 176 valence electrons. The molecule has 1 aliphatic rings. The maximum atomic E-state index is 13.0. The van der Waals surface area contributed by atoms with Gasteiger partial charge >= 0.3 is 0 Å². The number of fused-ring (bicyclic) bond motifs is 2. The molecule has 0 atom stereocenters. The van der Waals surface area contributed by atoms with Crippen molar-refractivity contribution in [3.05, 3.63) is 70.5 Å². The van der Waals surface area contributed by atoms with Gasteiger partial charge in [-0.25, -0.2) is 18.4 Å². The highest BCUT2D eigenvalue weighted by Crippen LogP contribution is 2.43. The van der Waals surface area contributed by atoms with Crippen LogP contribution in [0.2, 0.25) is 0 Å². The molecule has 10 nitrogen and oxygen atoms in total. The molecule has 0 radical (unpaired) electrons. The van der Waals surface area contributed by atoms with Crippen molar-refractivity contribution in [2.75, 3.05) is 12.9 Å². The van der Waals surface area contributed by atoms with Crippen LogP contribution in [0.4, 0.5) is 0 Å². The number of amides is 1. The molecule has 0 bridgehead atoms. The highest BCUT2D eigenvalue weighted by atomic mass is 32.2. The third-order valence-corrected chi connectivity index (χ3v) is 8.41. The van der Waals surface area contributed by atoms with Gasteiger partial charge in [0.2, 0.25) is 5.88 Å². The Labute approximate surface area is 195 Å². The predicted octanol–water partition coefficient (Wildman–Crippen LogP) is 1.47. The van der Waals surface area contributed by atoms with E-state index in [4.69, 9.17) is 4.74 Å². The van der Waals surface area contributed by atoms with Crippen molar-refractivity contribution in [1.29, 1.82) is 0 Å². The van der Waals surface area contributed by atoms with Gasteiger partial charge in [0.25, 0.3) is 11.5 Å². The highest BCUT2D eigenvalue weighted by Gasteiger charge is 2.53. The molecule has 1 fully saturated rings. The second kappa shape index (κ2) is 7.94. The normalized spacial score (nSPS) is 14.9. The molecule has 0 aliphatic heterocycles. The van der Waals surface area contributed by atoms with Crippen LogP contribution in [0.5, 0.6) is 5.88 Å². The summed E-state index contributed by atoms with van der Waals surface area (Å²) in [4.78, 5) is 34.3. The summed E-state index contributed by atoms with van der Waals surface area (Å²) in [5.74, 6) is -0.339. The smallest absolute Gasteiger partial charge is 0.263 e. The second-order valence-corrected chi connectivity index (χ2v) is 11.0. The Bertz CT molecular complexity index is 1600. The first-order valence-electron chi connectivity index (χ1n) is 10.7. The maximum absolute atomic E-state index is 13.0. The molecule has 4 aromatic heterocycles. The van der Waals surface area contributed by atoms with E-state index in [-0.39, 0.29) is 24.6 Å². The van der Waals surface area contributed by atoms with Crippen LogP contribution < -0.4 is 15.6 Å². The van der Waals surface area contributed by atoms with E-state index in [0.29, 0.717) is 23.7 Å². The van der Waals surface area contributed by atoms with Crippen molar-refractivity contribution in [3.8, 4) is 5.88 Å². The third kappa shape index (κ3) is 3.81. The van der Waals surface area contributed by atoms with Gasteiger partial charge in [-0.05, 0) is 36.6 Å². The summed E-state index contributed by atoms with van der Waals surface area (Å²) in [5.41, 5.74) is 1.55. The summed E-state index contributed by atoms with van der Waals surface area (Å²) in [5, 5.41) is 3.37. The van der Waals surface area contributed by atoms with Gasteiger partial charge in [0.05, 0.1) is 0 Å². The number of imidazole rings is 1. The quantitative estimate of drug-likeness (QED) is 0.424. The molecule has 11 heteroatoms. The van der Waals surface area contributed by atoms with Gasteiger partial charge in [-0.2, -0.15) is 0 Å². The molecule has 1 amide bonds. The molecular formula is C23H23N5O5S. The Morgan fingerprint density at radius 1 is 1.21 bits per heavy atom. The van der Waals surface area contributed by atoms with Gasteiger partial charge in [0.15, 0.2) is 9.84 Å². The van der Waals surface area contributed by atoms with Crippen LogP contribution in [0.1, 0.15) is 28.8 Å². The largest absolute Gasteiger partial charge is 0.474 e. The first-order chi connectivity index (χ1) is 16.2. The van der Waals surface area contributed by atoms with E-state index < -0.39 is 26.1 Å². The average Bonchev–Trinajstić information content (AvgIpc) is 3.48. The number of nitrogens with one attached hydrogen (secondary N) is 1. The van der Waals surface area contributed by atoms with Crippen molar-refractivity contribution in [2.24, 2.45) is 7.05 Å². The molecule has 34 heavy (non-hydrogen) atoms. The zero-order chi connectivity index (χ0) is 24.1. The molecule has 1 N–H and O–H groups in total. The minimum Gasteiger partial charge on any atom is -0.474 e. The summed E-state index contributed by atoms with van der Waals surface area (Å²) in [6.07, 6.45) is 9.14. The number of nitrogens with zero attached hydrogens (tertiary/aromatic N) is 4. The second-order valence-electron chi connectivity index (χ2n) is 8.63. The average molecular weight is 482 g/mol. The number of ether oxygens (including phenoxy) is 1. The lowest BCUT2D eigenvalue weighted by atomic mass is 10.1. The van der Waals surface area contributed by atoms with E-state index in [1.165, 1.54) is 30.1 Å². The fourth-order valence-corrected chi connectivity index (χ4v) is 5.10. The zero-order valence-corrected chi connectivity index (χ0v) is 19.5. The van der Waals surface area contributed by atoms with Gasteiger partial charge in [0.1, 0.15) is 28.1 Å². The van der Waals surface area contributed by atoms with Crippen molar-refractivity contribution < 1.29 is 17.9 Å². The van der Waals surface area contributed by atoms with Crippen LogP contribution in [0, 0.1) is 0 Å². The van der Waals surface area contributed by atoms with Crippen LogP contribution in [-0.4, -0.2) is 50.9 Å². The number of hydrogen-bond donors (Lipinski definition) is 1. The van der Waals surface area contributed by atoms with Crippen molar-refractivity contribution in [3.63, 3.8) is 0 Å². The van der Waals surface area contributed by atoms with Crippen molar-refractivity contribution in [1.82, 2.24) is 24.3 Å². The van der Waals surface area contributed by atoms with Gasteiger partial charge < -0.3 is 19.0 Å². The van der Waals surface area contributed by atoms with Crippen molar-refractivity contribution in [2.45, 2.75) is 24.1 Å². The van der Waals surface area contributed by atoms with Gasteiger partial charge in [0, 0.05) is 50.0 Å². The van der Waals surface area contributed by atoms with Crippen LogP contribution in [0.15, 0.2) is 53.8 Å². The number of carbonyl (C=O) groups is 1. The van der Waals surface area contributed by atoms with Crippen molar-refractivity contribution >= 4 is 32.3 Å². The van der Waals surface area contributed by atoms with E-state index in [1.807, 2.05) is 28.9 Å². The van der Waals surface area contributed by atoms with Crippen LogP contribution in [-0.2, 0) is 23.4 Å². The van der Waals surface area contributed by atoms with Crippen LogP contribution in [0.3, 0.4) is 0 Å². The SMILES string of the molecule is Cn1c(=O)c(C(=O)NCc2ccc3nccn3c2)cc2ccnc(OCC3(S(C)(=O)=O)CC3)c21. The van der Waals surface area contributed by atoms with E-state index in [0.717, 1.165) is 11.2 Å². The minimum absolute atomic E-state index is 0.00865. The summed E-state index contributed by atoms with van der Waals surface area (Å²) < 4.78 is 32.2. The standard InChI is InChI=1S/C23H23N5O5S/c1-27-19-16(5-8-25-21(19)33-14-23(6-7-23)34(2,31)32)11-17(22(27)30)20(29)26-12-15-3-4-18-24-9-10-28(18)13-15/h3-5,8-11,13H,6-7,12,14H2,1-2H3,(H,26,29). The molecule has 0 saturated heterocycles. The zero-order valence-electron chi connectivity index (χ0n) is 18.7. The molecule has 1 aliphatic carbocycles. The first-order valence-corrected chi connectivity index (χ1v) is 12.6. The van der Waals surface area contributed by atoms with Gasteiger partial charge in [-0.15, -0.1) is 0 Å².